The molecular weight excluding hydrogens is 372 g/mol. The first-order chi connectivity index (χ1) is 15.2. The summed E-state index contributed by atoms with van der Waals surface area (Å²) in [6.07, 6.45) is 36.7. The number of unbranched alkanes of at least 4 members (excludes halogenated alkanes) is 18. The van der Waals surface area contributed by atoms with Gasteiger partial charge in [-0.2, -0.15) is 0 Å². The zero-order valence-electron chi connectivity index (χ0n) is 22.8. The highest BCUT2D eigenvalue weighted by Gasteiger charge is 2.13. The molecule has 0 nitrogen and oxygen atoms in total. The normalized spacial score (nSPS) is 12.7. The third-order valence-corrected chi connectivity index (χ3v) is 7.47. The molecule has 0 radical (unpaired) electrons. The monoisotopic (exact) mass is 437 g/mol. The van der Waals surface area contributed by atoms with Crippen LogP contribution in [0.25, 0.3) is 0 Å². The zero-order chi connectivity index (χ0) is 22.8. The van der Waals surface area contributed by atoms with Gasteiger partial charge in [0.15, 0.2) is 0 Å². The molecule has 188 valence electrons. The van der Waals surface area contributed by atoms with Crippen LogP contribution in [0.3, 0.4) is 0 Å². The summed E-state index contributed by atoms with van der Waals surface area (Å²) in [6, 6.07) is 0. The lowest BCUT2D eigenvalue weighted by Gasteiger charge is -2.21. The van der Waals surface area contributed by atoms with Crippen molar-refractivity contribution in [1.29, 1.82) is 0 Å². The van der Waals surface area contributed by atoms with E-state index < -0.39 is 0 Å². The fourth-order valence-corrected chi connectivity index (χ4v) is 5.30. The molecular formula is C31H64. The Morgan fingerprint density at radius 2 is 0.645 bits per heavy atom. The van der Waals surface area contributed by atoms with E-state index in [0.717, 1.165) is 11.8 Å². The fraction of sp³-hybridized carbons (Fsp3) is 1.00. The van der Waals surface area contributed by atoms with E-state index in [0.29, 0.717) is 0 Å². The predicted molar refractivity (Wildman–Crippen MR) is 145 cm³/mol. The summed E-state index contributed by atoms with van der Waals surface area (Å²) in [5, 5.41) is 0. The second kappa shape index (κ2) is 26.3. The van der Waals surface area contributed by atoms with Crippen molar-refractivity contribution in [2.24, 2.45) is 11.8 Å². The minimum Gasteiger partial charge on any atom is -0.0654 e. The first-order valence-corrected chi connectivity index (χ1v) is 15.2. The van der Waals surface area contributed by atoms with E-state index in [1.54, 1.807) is 0 Å². The predicted octanol–water partition coefficient (Wildman–Crippen LogP) is 12.1. The zero-order valence-corrected chi connectivity index (χ0v) is 22.8. The molecule has 0 bridgehead atoms. The van der Waals surface area contributed by atoms with E-state index in [9.17, 15) is 0 Å². The van der Waals surface area contributed by atoms with Gasteiger partial charge in [-0.3, -0.25) is 0 Å². The SMILES string of the molecule is CCCCCCCCCC(C)CC(CCCCCCCCC)CCCCCCCCC. The minimum absolute atomic E-state index is 0.953. The maximum atomic E-state index is 2.56. The Morgan fingerprint density at radius 1 is 0.355 bits per heavy atom. The Kier molecular flexibility index (Phi) is 26.3. The third-order valence-electron chi connectivity index (χ3n) is 7.47. The van der Waals surface area contributed by atoms with E-state index in [1.807, 2.05) is 0 Å². The van der Waals surface area contributed by atoms with Crippen molar-refractivity contribution in [3.8, 4) is 0 Å². The molecule has 1 atom stereocenters. The first kappa shape index (κ1) is 31.0. The first-order valence-electron chi connectivity index (χ1n) is 15.2. The lowest BCUT2D eigenvalue weighted by Crippen LogP contribution is -2.08. The molecule has 0 saturated heterocycles. The van der Waals surface area contributed by atoms with Crippen LogP contribution in [0.5, 0.6) is 0 Å². The molecule has 0 aromatic rings. The van der Waals surface area contributed by atoms with Crippen LogP contribution in [0.2, 0.25) is 0 Å². The number of rotatable bonds is 26. The molecule has 1 unspecified atom stereocenters. The van der Waals surface area contributed by atoms with Gasteiger partial charge in [0.05, 0.1) is 0 Å². The summed E-state index contributed by atoms with van der Waals surface area (Å²) in [5.74, 6) is 1.97. The van der Waals surface area contributed by atoms with Gasteiger partial charge in [-0.05, 0) is 18.3 Å². The molecule has 0 spiro atoms. The van der Waals surface area contributed by atoms with Gasteiger partial charge >= 0.3 is 0 Å². The number of hydrogen-bond acceptors (Lipinski definition) is 0. The average Bonchev–Trinajstić information content (AvgIpc) is 2.77. The summed E-state index contributed by atoms with van der Waals surface area (Å²) < 4.78 is 0. The molecule has 0 fully saturated rings. The van der Waals surface area contributed by atoms with Gasteiger partial charge in [-0.15, -0.1) is 0 Å². The molecule has 0 aliphatic carbocycles. The third kappa shape index (κ3) is 24.5. The fourth-order valence-electron chi connectivity index (χ4n) is 5.30. The topological polar surface area (TPSA) is 0 Å². The Labute approximate surface area is 200 Å². The van der Waals surface area contributed by atoms with Crippen LogP contribution in [0.15, 0.2) is 0 Å². The molecule has 0 rings (SSSR count). The summed E-state index contributed by atoms with van der Waals surface area (Å²) in [7, 11) is 0. The van der Waals surface area contributed by atoms with Crippen molar-refractivity contribution in [2.45, 2.75) is 188 Å². The molecule has 0 aromatic heterocycles. The van der Waals surface area contributed by atoms with Gasteiger partial charge < -0.3 is 0 Å². The van der Waals surface area contributed by atoms with Crippen LogP contribution in [0.1, 0.15) is 188 Å². The van der Waals surface area contributed by atoms with Crippen molar-refractivity contribution in [2.75, 3.05) is 0 Å². The molecule has 0 heteroatoms. The van der Waals surface area contributed by atoms with E-state index >= 15 is 0 Å². The maximum absolute atomic E-state index is 2.56. The highest BCUT2D eigenvalue weighted by atomic mass is 14.2. The second-order valence-corrected chi connectivity index (χ2v) is 10.9. The Hall–Kier alpha value is 0. The van der Waals surface area contributed by atoms with Crippen molar-refractivity contribution in [1.82, 2.24) is 0 Å². The maximum Gasteiger partial charge on any atom is -0.0412 e. The van der Waals surface area contributed by atoms with Crippen molar-refractivity contribution < 1.29 is 0 Å². The van der Waals surface area contributed by atoms with Gasteiger partial charge in [0.2, 0.25) is 0 Å². The van der Waals surface area contributed by atoms with Gasteiger partial charge in [-0.1, -0.05) is 182 Å². The standard InChI is InChI=1S/C31H64/c1-5-8-11-14-17-20-23-26-30(4)29-31(27-24-21-18-15-12-9-6-2)28-25-22-19-16-13-10-7-3/h30-31H,5-29H2,1-4H3. The molecule has 31 heavy (non-hydrogen) atoms. The van der Waals surface area contributed by atoms with Crippen molar-refractivity contribution in [3.63, 3.8) is 0 Å². The van der Waals surface area contributed by atoms with Crippen molar-refractivity contribution >= 4 is 0 Å². The lowest BCUT2D eigenvalue weighted by atomic mass is 9.85. The summed E-state index contributed by atoms with van der Waals surface area (Å²) in [5.41, 5.74) is 0. The van der Waals surface area contributed by atoms with Gasteiger partial charge in [0.25, 0.3) is 0 Å². The number of hydrogen-bond donors (Lipinski definition) is 0. The highest BCUT2D eigenvalue weighted by Crippen LogP contribution is 2.28. The molecule has 0 aliphatic rings. The van der Waals surface area contributed by atoms with Gasteiger partial charge in [0, 0.05) is 0 Å². The van der Waals surface area contributed by atoms with E-state index in [2.05, 4.69) is 27.7 Å². The Bertz CT molecular complexity index is 289. The molecule has 0 N–H and O–H groups in total. The molecule has 0 aliphatic heterocycles. The van der Waals surface area contributed by atoms with Crippen LogP contribution in [0, 0.1) is 11.8 Å². The molecule has 0 amide bonds. The second-order valence-electron chi connectivity index (χ2n) is 10.9. The van der Waals surface area contributed by atoms with Crippen LogP contribution in [0.4, 0.5) is 0 Å². The summed E-state index contributed by atoms with van der Waals surface area (Å²) in [4.78, 5) is 0. The van der Waals surface area contributed by atoms with Crippen LogP contribution in [-0.2, 0) is 0 Å². The minimum atomic E-state index is 0.953. The van der Waals surface area contributed by atoms with Crippen LogP contribution in [-0.4, -0.2) is 0 Å². The van der Waals surface area contributed by atoms with Crippen molar-refractivity contribution in [3.05, 3.63) is 0 Å². The smallest absolute Gasteiger partial charge is 0.0412 e. The van der Waals surface area contributed by atoms with E-state index in [1.165, 1.54) is 161 Å². The van der Waals surface area contributed by atoms with Crippen LogP contribution >= 0.6 is 0 Å². The lowest BCUT2D eigenvalue weighted by molar-refractivity contribution is 0.312. The van der Waals surface area contributed by atoms with E-state index in [4.69, 9.17) is 0 Å². The Balaban J connectivity index is 3.99. The van der Waals surface area contributed by atoms with E-state index in [-0.39, 0.29) is 0 Å². The summed E-state index contributed by atoms with van der Waals surface area (Å²) >= 11 is 0. The molecule has 0 aromatic carbocycles. The van der Waals surface area contributed by atoms with Gasteiger partial charge in [0.1, 0.15) is 0 Å². The summed E-state index contributed by atoms with van der Waals surface area (Å²) in [6.45, 7) is 9.51. The quantitative estimate of drug-likeness (QED) is 0.118. The largest absolute Gasteiger partial charge is 0.0654 e. The average molecular weight is 437 g/mol. The van der Waals surface area contributed by atoms with Gasteiger partial charge in [-0.25, -0.2) is 0 Å². The highest BCUT2D eigenvalue weighted by molar-refractivity contribution is 4.66. The van der Waals surface area contributed by atoms with Crippen LogP contribution < -0.4 is 0 Å². The Morgan fingerprint density at radius 3 is 1.00 bits per heavy atom. The molecule has 0 saturated carbocycles. The molecule has 0 heterocycles.